The number of hydrogen-bond donors (Lipinski definition) is 4. The van der Waals surface area contributed by atoms with E-state index in [0.717, 1.165) is 50.1 Å². The first-order valence-electron chi connectivity index (χ1n) is 23.7. The van der Waals surface area contributed by atoms with Crippen molar-refractivity contribution in [2.75, 3.05) is 30.6 Å². The number of halogens is 7. The minimum Gasteiger partial charge on any atom is -0.478 e. The van der Waals surface area contributed by atoms with Crippen LogP contribution in [0.3, 0.4) is 0 Å². The summed E-state index contributed by atoms with van der Waals surface area (Å²) in [5, 5.41) is 19.4. The number of hydrogen-bond acceptors (Lipinski definition) is 8. The lowest BCUT2D eigenvalue weighted by atomic mass is 10.0. The molecule has 0 amide bonds. The average Bonchev–Trinajstić information content (AvgIpc) is 3.45. The number of benzene rings is 9. The van der Waals surface area contributed by atoms with E-state index in [4.69, 9.17) is 91.7 Å². The number of carboxylic acid groups (broad SMARTS) is 1. The molecule has 0 aliphatic heterocycles. The Kier molecular flexibility index (Phi) is 23.2. The SMILES string of the molecule is COC(=O)c1ccc(-c2ccccc2)cc1N.COC(=O)c1ccc(-c2ccccc2)cc1NCc1cc(Cl)cc(Cl)c1.ClCc1cc(Cl)cc(Cl)c1.O=C(O)c1ccc(-c2ccccc2)cc1NCc1cc(Cl)cc(Cl)c1. The van der Waals surface area contributed by atoms with E-state index < -0.39 is 17.9 Å². The van der Waals surface area contributed by atoms with E-state index in [1.807, 2.05) is 127 Å². The Bertz CT molecular complexity index is 3420. The number of aromatic carboxylic acids is 1. The van der Waals surface area contributed by atoms with E-state index in [-0.39, 0.29) is 5.56 Å². The normalized spacial score (nSPS) is 10.3. The second kappa shape index (κ2) is 30.1. The van der Waals surface area contributed by atoms with Crippen LogP contribution in [0.2, 0.25) is 30.1 Å². The number of rotatable bonds is 13. The van der Waals surface area contributed by atoms with Gasteiger partial charge < -0.3 is 30.9 Å². The molecular weight excluding hydrogens is 1130 g/mol. The number of methoxy groups -OCH3 is 2. The third-order valence-electron chi connectivity index (χ3n) is 11.3. The van der Waals surface area contributed by atoms with Crippen molar-refractivity contribution in [3.63, 3.8) is 0 Å². The molecule has 9 aromatic rings. The van der Waals surface area contributed by atoms with E-state index in [1.54, 1.807) is 72.8 Å². The molecule has 9 nitrogen and oxygen atoms in total. The van der Waals surface area contributed by atoms with E-state index in [1.165, 1.54) is 14.2 Å². The molecule has 5 N–H and O–H groups in total. The highest BCUT2D eigenvalue weighted by Gasteiger charge is 2.15. The van der Waals surface area contributed by atoms with Crippen LogP contribution in [0.15, 0.2) is 200 Å². The van der Waals surface area contributed by atoms with Crippen molar-refractivity contribution in [2.24, 2.45) is 0 Å². The fraction of sp³-hybridized carbons (Fsp3) is 0.0806. The molecule has 0 aromatic heterocycles. The second-order valence-electron chi connectivity index (χ2n) is 16.9. The van der Waals surface area contributed by atoms with Gasteiger partial charge in [-0.3, -0.25) is 0 Å². The smallest absolute Gasteiger partial charge is 0.339 e. The van der Waals surface area contributed by atoms with Crippen molar-refractivity contribution in [3.8, 4) is 33.4 Å². The third-order valence-corrected chi connectivity index (χ3v) is 13.0. The zero-order chi connectivity index (χ0) is 56.1. The summed E-state index contributed by atoms with van der Waals surface area (Å²) in [5.41, 5.74) is 17.4. The Morgan fingerprint density at radius 3 is 1.08 bits per heavy atom. The number of carboxylic acids is 1. The maximum Gasteiger partial charge on any atom is 0.339 e. The highest BCUT2D eigenvalue weighted by atomic mass is 35.5. The van der Waals surface area contributed by atoms with E-state index in [2.05, 4.69) is 15.4 Å². The van der Waals surface area contributed by atoms with Crippen LogP contribution >= 0.6 is 81.2 Å². The van der Waals surface area contributed by atoms with E-state index in [9.17, 15) is 19.5 Å². The molecule has 9 aromatic carbocycles. The van der Waals surface area contributed by atoms with Gasteiger partial charge in [-0.1, -0.05) is 179 Å². The predicted octanol–water partition coefficient (Wildman–Crippen LogP) is 18.5. The first-order valence-corrected chi connectivity index (χ1v) is 26.5. The number of alkyl halides is 1. The van der Waals surface area contributed by atoms with Crippen LogP contribution < -0.4 is 16.4 Å². The fourth-order valence-electron chi connectivity index (χ4n) is 7.65. The average molecular weight is 1180 g/mol. The largest absolute Gasteiger partial charge is 0.478 e. The van der Waals surface area contributed by atoms with Crippen LogP contribution in [-0.4, -0.2) is 37.2 Å². The number of carbonyl (C=O) groups excluding carboxylic acids is 2. The third kappa shape index (κ3) is 18.2. The minimum absolute atomic E-state index is 0.216. The fourth-order valence-corrected chi connectivity index (χ4v) is 9.52. The number of anilines is 3. The molecule has 0 saturated carbocycles. The number of nitrogens with one attached hydrogen (secondary N) is 2. The van der Waals surface area contributed by atoms with Gasteiger partial charge in [0.15, 0.2) is 0 Å². The zero-order valence-electron chi connectivity index (χ0n) is 41.9. The number of nitrogens with two attached hydrogens (primary N) is 1. The molecule has 398 valence electrons. The summed E-state index contributed by atoms with van der Waals surface area (Å²) < 4.78 is 9.54. The molecule has 0 atom stereocenters. The lowest BCUT2D eigenvalue weighted by molar-refractivity contribution is 0.0593. The summed E-state index contributed by atoms with van der Waals surface area (Å²) in [6.45, 7) is 0.890. The molecule has 0 aliphatic rings. The number of nitrogen functional groups attached to an aromatic ring is 1. The second-order valence-corrected chi connectivity index (χ2v) is 19.8. The Morgan fingerprint density at radius 2 is 0.731 bits per heavy atom. The Labute approximate surface area is 488 Å². The molecular formula is C62H50Cl7N3O6. The van der Waals surface area contributed by atoms with Gasteiger partial charge in [-0.05, 0) is 141 Å². The van der Waals surface area contributed by atoms with Crippen molar-refractivity contribution >= 4 is 116 Å². The van der Waals surface area contributed by atoms with Gasteiger partial charge in [-0.2, -0.15) is 0 Å². The molecule has 16 heteroatoms. The van der Waals surface area contributed by atoms with Crippen molar-refractivity contribution in [3.05, 3.63) is 264 Å². The van der Waals surface area contributed by atoms with Gasteiger partial charge in [-0.25, -0.2) is 14.4 Å². The topological polar surface area (TPSA) is 140 Å². The Morgan fingerprint density at radius 1 is 0.410 bits per heavy atom. The molecule has 0 heterocycles. The summed E-state index contributed by atoms with van der Waals surface area (Å²) in [4.78, 5) is 35.0. The van der Waals surface area contributed by atoms with Gasteiger partial charge in [0.1, 0.15) is 0 Å². The molecule has 9 rings (SSSR count). The van der Waals surface area contributed by atoms with Crippen molar-refractivity contribution in [1.82, 2.24) is 0 Å². The van der Waals surface area contributed by atoms with Gasteiger partial charge in [0.05, 0.1) is 30.9 Å². The number of esters is 2. The number of carbonyl (C=O) groups is 3. The summed E-state index contributed by atoms with van der Waals surface area (Å²) in [7, 11) is 2.71. The minimum atomic E-state index is -0.980. The highest BCUT2D eigenvalue weighted by Crippen LogP contribution is 2.30. The molecule has 0 saturated heterocycles. The lowest BCUT2D eigenvalue weighted by Crippen LogP contribution is -2.08. The molecule has 0 aliphatic carbocycles. The maximum atomic E-state index is 12.1. The summed E-state index contributed by atoms with van der Waals surface area (Å²) >= 11 is 41.1. The maximum absolute atomic E-state index is 12.1. The standard InChI is InChI=1S/C21H17Cl2NO2.C20H15Cl2NO2.C14H13NO2.C7H5Cl3/c1-26-21(25)19-8-7-16(15-5-3-2-4-6-15)11-20(19)24-13-14-9-17(22)12-18(23)10-14;21-16-8-13(9-17(22)11-16)12-23-19-10-15(6-7-18(19)20(24)25)14-4-2-1-3-5-14;1-17-14(16)12-8-7-11(9-13(12)15)10-5-3-2-4-6-10;8-4-5-1-6(9)3-7(10)2-5/h2-12,24H,13H2,1H3;1-11,23H,12H2,(H,24,25);2-9H,15H2,1H3;1-3H,4H2. The van der Waals surface area contributed by atoms with Crippen LogP contribution in [0.4, 0.5) is 17.1 Å². The number of ether oxygens (including phenoxy) is 2. The van der Waals surface area contributed by atoms with Crippen LogP contribution in [-0.2, 0) is 28.4 Å². The van der Waals surface area contributed by atoms with Gasteiger partial charge >= 0.3 is 17.9 Å². The van der Waals surface area contributed by atoms with Crippen LogP contribution in [0.25, 0.3) is 33.4 Å². The van der Waals surface area contributed by atoms with Gasteiger partial charge in [0.2, 0.25) is 0 Å². The van der Waals surface area contributed by atoms with Crippen LogP contribution in [0.5, 0.6) is 0 Å². The predicted molar refractivity (Wildman–Crippen MR) is 323 cm³/mol. The first kappa shape index (κ1) is 60.1. The van der Waals surface area contributed by atoms with E-state index in [0.29, 0.717) is 77.3 Å². The summed E-state index contributed by atoms with van der Waals surface area (Å²) in [6, 6.07) is 61.7. The Hall–Kier alpha value is -7.18. The molecule has 0 radical (unpaired) electrons. The summed E-state index contributed by atoms with van der Waals surface area (Å²) in [6.07, 6.45) is 0. The lowest BCUT2D eigenvalue weighted by Gasteiger charge is -2.13. The van der Waals surface area contributed by atoms with Crippen molar-refractivity contribution < 1.29 is 29.0 Å². The van der Waals surface area contributed by atoms with Gasteiger partial charge in [0.25, 0.3) is 0 Å². The molecule has 0 bridgehead atoms. The molecule has 78 heavy (non-hydrogen) atoms. The monoisotopic (exact) mass is 1180 g/mol. The first-order chi connectivity index (χ1) is 37.5. The van der Waals surface area contributed by atoms with Crippen molar-refractivity contribution in [1.29, 1.82) is 0 Å². The van der Waals surface area contributed by atoms with E-state index >= 15 is 0 Å². The van der Waals surface area contributed by atoms with Crippen LogP contribution in [0, 0.1) is 0 Å². The van der Waals surface area contributed by atoms with Crippen molar-refractivity contribution in [2.45, 2.75) is 19.0 Å². The van der Waals surface area contributed by atoms with Crippen LogP contribution in [0.1, 0.15) is 47.8 Å². The Balaban J connectivity index is 0.000000177. The quantitative estimate of drug-likeness (QED) is 0.0505. The highest BCUT2D eigenvalue weighted by molar-refractivity contribution is 6.36. The molecule has 0 spiro atoms. The molecule has 0 fully saturated rings. The zero-order valence-corrected chi connectivity index (χ0v) is 47.2. The van der Waals surface area contributed by atoms with Gasteiger partial charge in [0, 0.05) is 66.2 Å². The molecule has 0 unspecified atom stereocenters. The van der Waals surface area contributed by atoms with Gasteiger partial charge in [-0.15, -0.1) is 11.6 Å². The summed E-state index contributed by atoms with van der Waals surface area (Å²) in [5.74, 6) is -1.34.